The summed E-state index contributed by atoms with van der Waals surface area (Å²) in [4.78, 5) is 0. The summed E-state index contributed by atoms with van der Waals surface area (Å²) < 4.78 is 18.6. The Hall–Kier alpha value is -1.87. The number of hydrogen-bond acceptors (Lipinski definition) is 2. The van der Waals surface area contributed by atoms with Crippen LogP contribution in [0.2, 0.25) is 0 Å². The van der Waals surface area contributed by atoms with Gasteiger partial charge in [-0.1, -0.05) is 18.2 Å². The highest BCUT2D eigenvalue weighted by atomic mass is 19.1. The summed E-state index contributed by atoms with van der Waals surface area (Å²) in [5.74, 6) is 0.903. The van der Waals surface area contributed by atoms with Crippen molar-refractivity contribution < 1.29 is 9.13 Å². The van der Waals surface area contributed by atoms with Crippen LogP contribution in [-0.4, -0.2) is 0 Å². The van der Waals surface area contributed by atoms with E-state index in [-0.39, 0.29) is 5.82 Å². The van der Waals surface area contributed by atoms with Crippen LogP contribution in [0.5, 0.6) is 11.5 Å². The maximum Gasteiger partial charge on any atom is 0.130 e. The molecule has 88 valence electrons. The monoisotopic (exact) mass is 231 g/mol. The second-order valence-electron chi connectivity index (χ2n) is 3.86. The van der Waals surface area contributed by atoms with E-state index in [0.29, 0.717) is 18.0 Å². The molecule has 2 aromatic rings. The van der Waals surface area contributed by atoms with Crippen molar-refractivity contribution in [2.45, 2.75) is 13.5 Å². The third-order valence-electron chi connectivity index (χ3n) is 2.50. The van der Waals surface area contributed by atoms with E-state index in [2.05, 4.69) is 0 Å². The lowest BCUT2D eigenvalue weighted by Gasteiger charge is -2.09. The van der Waals surface area contributed by atoms with Crippen LogP contribution in [0.15, 0.2) is 42.5 Å². The molecule has 0 saturated heterocycles. The minimum absolute atomic E-state index is 0.307. The summed E-state index contributed by atoms with van der Waals surface area (Å²) in [6.07, 6.45) is 0. The highest BCUT2D eigenvalue weighted by molar-refractivity contribution is 5.39. The quantitative estimate of drug-likeness (QED) is 0.878. The fourth-order valence-corrected chi connectivity index (χ4v) is 1.61. The van der Waals surface area contributed by atoms with Crippen LogP contribution in [0.1, 0.15) is 11.1 Å². The smallest absolute Gasteiger partial charge is 0.130 e. The molecule has 2 N–H and O–H groups in total. The van der Waals surface area contributed by atoms with Gasteiger partial charge >= 0.3 is 0 Å². The number of benzene rings is 2. The van der Waals surface area contributed by atoms with Crippen LogP contribution >= 0.6 is 0 Å². The molecule has 0 bridgehead atoms. The fourth-order valence-electron chi connectivity index (χ4n) is 1.61. The molecule has 0 atom stereocenters. The van der Waals surface area contributed by atoms with Crippen molar-refractivity contribution in [2.75, 3.05) is 0 Å². The maximum absolute atomic E-state index is 13.0. The van der Waals surface area contributed by atoms with Gasteiger partial charge in [0, 0.05) is 12.6 Å². The van der Waals surface area contributed by atoms with Gasteiger partial charge in [-0.15, -0.1) is 0 Å². The van der Waals surface area contributed by atoms with E-state index in [1.807, 2.05) is 25.1 Å². The number of halogens is 1. The minimum Gasteiger partial charge on any atom is -0.457 e. The van der Waals surface area contributed by atoms with E-state index in [1.54, 1.807) is 12.1 Å². The second kappa shape index (κ2) is 4.97. The first-order valence-electron chi connectivity index (χ1n) is 5.42. The Morgan fingerprint density at radius 3 is 2.65 bits per heavy atom. The molecule has 2 rings (SSSR count). The summed E-state index contributed by atoms with van der Waals surface area (Å²) in [7, 11) is 0. The van der Waals surface area contributed by atoms with Gasteiger partial charge < -0.3 is 10.5 Å². The maximum atomic E-state index is 13.0. The Kier molecular flexibility index (Phi) is 3.40. The van der Waals surface area contributed by atoms with Crippen LogP contribution in [0, 0.1) is 12.7 Å². The minimum atomic E-state index is -0.307. The molecule has 0 amide bonds. The molecule has 0 aliphatic carbocycles. The molecule has 0 radical (unpaired) electrons. The van der Waals surface area contributed by atoms with E-state index >= 15 is 0 Å². The first-order valence-corrected chi connectivity index (χ1v) is 5.42. The van der Waals surface area contributed by atoms with E-state index in [9.17, 15) is 4.39 Å². The Morgan fingerprint density at radius 1 is 1.18 bits per heavy atom. The molecular formula is C14H14FNO. The average molecular weight is 231 g/mol. The average Bonchev–Trinajstić information content (AvgIpc) is 2.32. The number of nitrogens with two attached hydrogens (primary N) is 1. The van der Waals surface area contributed by atoms with Gasteiger partial charge in [0.15, 0.2) is 0 Å². The summed E-state index contributed by atoms with van der Waals surface area (Å²) in [6, 6.07) is 11.8. The molecule has 2 aromatic carbocycles. The lowest BCUT2D eigenvalue weighted by atomic mass is 10.1. The highest BCUT2D eigenvalue weighted by Gasteiger charge is 2.03. The largest absolute Gasteiger partial charge is 0.457 e. The number of ether oxygens (including phenoxy) is 1. The zero-order chi connectivity index (χ0) is 12.3. The zero-order valence-electron chi connectivity index (χ0n) is 9.61. The molecule has 17 heavy (non-hydrogen) atoms. The molecule has 0 aromatic heterocycles. The van der Waals surface area contributed by atoms with Gasteiger partial charge in [0.2, 0.25) is 0 Å². The van der Waals surface area contributed by atoms with Crippen molar-refractivity contribution >= 4 is 0 Å². The normalized spacial score (nSPS) is 10.3. The molecular weight excluding hydrogens is 217 g/mol. The Balaban J connectivity index is 2.24. The summed E-state index contributed by atoms with van der Waals surface area (Å²) >= 11 is 0. The molecule has 0 aliphatic rings. The van der Waals surface area contributed by atoms with Crippen LogP contribution < -0.4 is 10.5 Å². The van der Waals surface area contributed by atoms with Gasteiger partial charge in [-0.2, -0.15) is 0 Å². The molecule has 0 saturated carbocycles. The van der Waals surface area contributed by atoms with Crippen LogP contribution in [0.3, 0.4) is 0 Å². The van der Waals surface area contributed by atoms with Crippen molar-refractivity contribution in [3.63, 3.8) is 0 Å². The van der Waals surface area contributed by atoms with E-state index in [0.717, 1.165) is 11.1 Å². The van der Waals surface area contributed by atoms with E-state index in [1.165, 1.54) is 12.1 Å². The molecule has 0 spiro atoms. The zero-order valence-corrected chi connectivity index (χ0v) is 9.61. The van der Waals surface area contributed by atoms with E-state index < -0.39 is 0 Å². The number of rotatable bonds is 3. The van der Waals surface area contributed by atoms with Crippen LogP contribution in [0.25, 0.3) is 0 Å². The van der Waals surface area contributed by atoms with Gasteiger partial charge in [0.05, 0.1) is 0 Å². The Morgan fingerprint density at radius 2 is 2.00 bits per heavy atom. The number of hydrogen-bond donors (Lipinski definition) is 1. The lowest BCUT2D eigenvalue weighted by molar-refractivity contribution is 0.473. The molecule has 0 unspecified atom stereocenters. The van der Waals surface area contributed by atoms with Crippen molar-refractivity contribution in [1.82, 2.24) is 0 Å². The molecule has 2 nitrogen and oxygen atoms in total. The SMILES string of the molecule is Cc1cc(CN)ccc1Oc1cccc(F)c1. The van der Waals surface area contributed by atoms with Crippen LogP contribution in [-0.2, 0) is 6.54 Å². The number of aryl methyl sites for hydroxylation is 1. The Bertz CT molecular complexity index is 525. The summed E-state index contributed by atoms with van der Waals surface area (Å²) in [6.45, 7) is 2.44. The lowest BCUT2D eigenvalue weighted by Crippen LogP contribution is -1.97. The summed E-state index contributed by atoms with van der Waals surface area (Å²) in [5.41, 5.74) is 7.58. The first-order chi connectivity index (χ1) is 8.19. The second-order valence-corrected chi connectivity index (χ2v) is 3.86. The van der Waals surface area contributed by atoms with Gasteiger partial charge in [0.25, 0.3) is 0 Å². The van der Waals surface area contributed by atoms with Gasteiger partial charge in [0.1, 0.15) is 17.3 Å². The van der Waals surface area contributed by atoms with E-state index in [4.69, 9.17) is 10.5 Å². The summed E-state index contributed by atoms with van der Waals surface area (Å²) in [5, 5.41) is 0. The third kappa shape index (κ3) is 2.82. The van der Waals surface area contributed by atoms with Crippen molar-refractivity contribution in [3.8, 4) is 11.5 Å². The van der Waals surface area contributed by atoms with Gasteiger partial charge in [-0.3, -0.25) is 0 Å². The first kappa shape index (κ1) is 11.6. The van der Waals surface area contributed by atoms with Crippen molar-refractivity contribution in [2.24, 2.45) is 5.73 Å². The molecule has 3 heteroatoms. The molecule has 0 aliphatic heterocycles. The fraction of sp³-hybridized carbons (Fsp3) is 0.143. The van der Waals surface area contributed by atoms with Crippen molar-refractivity contribution in [1.29, 1.82) is 0 Å². The topological polar surface area (TPSA) is 35.2 Å². The predicted molar refractivity (Wildman–Crippen MR) is 65.5 cm³/mol. The molecule has 0 fully saturated rings. The van der Waals surface area contributed by atoms with Crippen molar-refractivity contribution in [3.05, 3.63) is 59.4 Å². The highest BCUT2D eigenvalue weighted by Crippen LogP contribution is 2.25. The van der Waals surface area contributed by atoms with Crippen LogP contribution in [0.4, 0.5) is 4.39 Å². The van der Waals surface area contributed by atoms with Gasteiger partial charge in [-0.05, 0) is 36.2 Å². The third-order valence-corrected chi connectivity index (χ3v) is 2.50. The standard InChI is InChI=1S/C14H14FNO/c1-10-7-11(9-16)5-6-14(10)17-13-4-2-3-12(15)8-13/h2-8H,9,16H2,1H3. The van der Waals surface area contributed by atoms with Gasteiger partial charge in [-0.25, -0.2) is 4.39 Å². The molecule has 0 heterocycles. The predicted octanol–water partition coefficient (Wildman–Crippen LogP) is 3.39. The Labute approximate surface area is 99.8 Å².